The molecule has 0 aromatic carbocycles. The van der Waals surface area contributed by atoms with Crippen molar-refractivity contribution in [1.82, 2.24) is 4.90 Å². The Morgan fingerprint density at radius 3 is 2.61 bits per heavy atom. The van der Waals surface area contributed by atoms with Gasteiger partial charge in [0.2, 0.25) is 5.91 Å². The lowest BCUT2D eigenvalue weighted by atomic mass is 10.0. The topological polar surface area (TPSA) is 57.6 Å². The number of aliphatic hydroxyl groups is 1. The molecule has 4 nitrogen and oxygen atoms in total. The van der Waals surface area contributed by atoms with Gasteiger partial charge in [0.25, 0.3) is 0 Å². The molecule has 104 valence electrons. The van der Waals surface area contributed by atoms with Crippen LogP contribution in [0.3, 0.4) is 0 Å². The van der Waals surface area contributed by atoms with Crippen molar-refractivity contribution >= 4 is 11.7 Å². The molecule has 0 bridgehead atoms. The van der Waals surface area contributed by atoms with Gasteiger partial charge in [-0.2, -0.15) is 0 Å². The number of rotatable bonds is 5. The average molecular weight is 255 g/mol. The highest BCUT2D eigenvalue weighted by Gasteiger charge is 2.26. The van der Waals surface area contributed by atoms with E-state index in [2.05, 4.69) is 0 Å². The summed E-state index contributed by atoms with van der Waals surface area (Å²) in [6, 6.07) is 0.145. The van der Waals surface area contributed by atoms with Gasteiger partial charge in [-0.15, -0.1) is 0 Å². The van der Waals surface area contributed by atoms with Crippen molar-refractivity contribution in [3.05, 3.63) is 0 Å². The van der Waals surface area contributed by atoms with Crippen LogP contribution in [0.15, 0.2) is 0 Å². The summed E-state index contributed by atoms with van der Waals surface area (Å²) < 4.78 is 0. The van der Waals surface area contributed by atoms with Gasteiger partial charge >= 0.3 is 0 Å². The van der Waals surface area contributed by atoms with Crippen LogP contribution >= 0.6 is 0 Å². The van der Waals surface area contributed by atoms with Crippen molar-refractivity contribution < 1.29 is 14.7 Å². The van der Waals surface area contributed by atoms with Gasteiger partial charge in [0.05, 0.1) is 6.10 Å². The van der Waals surface area contributed by atoms with Gasteiger partial charge in [0, 0.05) is 25.4 Å². The molecule has 1 aliphatic rings. The normalized spacial score (nSPS) is 22.4. The van der Waals surface area contributed by atoms with E-state index in [1.807, 2.05) is 4.90 Å². The molecule has 0 aliphatic carbocycles. The van der Waals surface area contributed by atoms with Crippen LogP contribution in [0.5, 0.6) is 0 Å². The van der Waals surface area contributed by atoms with E-state index in [-0.39, 0.29) is 23.8 Å². The molecule has 0 aromatic rings. The molecule has 1 heterocycles. The molecule has 2 atom stereocenters. The third kappa shape index (κ3) is 5.17. The highest BCUT2D eigenvalue weighted by molar-refractivity contribution is 5.83. The summed E-state index contributed by atoms with van der Waals surface area (Å²) in [5.41, 5.74) is 0. The smallest absolute Gasteiger partial charge is 0.223 e. The molecule has 4 heteroatoms. The van der Waals surface area contributed by atoms with Crippen molar-refractivity contribution in [2.24, 2.45) is 0 Å². The second-order valence-electron chi connectivity index (χ2n) is 5.38. The van der Waals surface area contributed by atoms with Crippen LogP contribution < -0.4 is 0 Å². The number of aliphatic hydroxyl groups excluding tert-OH is 1. The van der Waals surface area contributed by atoms with E-state index in [0.29, 0.717) is 19.3 Å². The van der Waals surface area contributed by atoms with Gasteiger partial charge in [-0.25, -0.2) is 0 Å². The van der Waals surface area contributed by atoms with Crippen LogP contribution in [0.2, 0.25) is 0 Å². The van der Waals surface area contributed by atoms with E-state index in [0.717, 1.165) is 32.2 Å². The third-order valence-corrected chi connectivity index (χ3v) is 3.50. The van der Waals surface area contributed by atoms with E-state index in [1.54, 1.807) is 6.92 Å². The zero-order valence-electron chi connectivity index (χ0n) is 11.5. The Hall–Kier alpha value is -0.900. The minimum atomic E-state index is -0.379. The summed E-state index contributed by atoms with van der Waals surface area (Å²) in [4.78, 5) is 25.0. The second kappa shape index (κ2) is 7.52. The zero-order valence-corrected chi connectivity index (χ0v) is 11.5. The quantitative estimate of drug-likeness (QED) is 0.816. The molecule has 2 unspecified atom stereocenters. The van der Waals surface area contributed by atoms with Gasteiger partial charge in [-0.1, -0.05) is 12.8 Å². The molecule has 18 heavy (non-hydrogen) atoms. The maximum atomic E-state index is 12.1. The first-order valence-corrected chi connectivity index (χ1v) is 6.97. The molecule has 1 N–H and O–H groups in total. The molecule has 0 aromatic heterocycles. The van der Waals surface area contributed by atoms with Crippen LogP contribution in [0.4, 0.5) is 0 Å². The fourth-order valence-corrected chi connectivity index (χ4v) is 2.57. The van der Waals surface area contributed by atoms with Crippen LogP contribution in [0.1, 0.15) is 58.8 Å². The monoisotopic (exact) mass is 255 g/mol. The maximum absolute atomic E-state index is 12.1. The Morgan fingerprint density at radius 1 is 1.28 bits per heavy atom. The summed E-state index contributed by atoms with van der Waals surface area (Å²) in [5.74, 6) is 0.128. The molecule has 0 saturated carbocycles. The van der Waals surface area contributed by atoms with Gasteiger partial charge < -0.3 is 14.8 Å². The predicted molar refractivity (Wildman–Crippen MR) is 70.2 cm³/mol. The Bertz CT molecular complexity index is 289. The fraction of sp³-hybridized carbons (Fsp3) is 0.857. The van der Waals surface area contributed by atoms with Crippen molar-refractivity contribution in [1.29, 1.82) is 0 Å². The van der Waals surface area contributed by atoms with Crippen LogP contribution in [0, 0.1) is 0 Å². The standard InChI is InChI=1S/C14H25NO3/c1-11(16)7-8-14(18)15-9-5-3-4-6-13(15)10-12(2)17/h12-13,17H,3-10H2,1-2H3. The molecule has 1 amide bonds. The summed E-state index contributed by atoms with van der Waals surface area (Å²) in [6.07, 6.45) is 5.17. The Balaban J connectivity index is 2.60. The lowest BCUT2D eigenvalue weighted by Gasteiger charge is -2.31. The molecular weight excluding hydrogens is 230 g/mol. The van der Waals surface area contributed by atoms with E-state index in [9.17, 15) is 14.7 Å². The fourth-order valence-electron chi connectivity index (χ4n) is 2.57. The number of amides is 1. The highest BCUT2D eigenvalue weighted by Crippen LogP contribution is 2.21. The molecule has 1 rings (SSSR count). The van der Waals surface area contributed by atoms with Gasteiger partial charge in [-0.05, 0) is 33.1 Å². The van der Waals surface area contributed by atoms with E-state index in [4.69, 9.17) is 0 Å². The number of nitrogens with zero attached hydrogens (tertiary/aromatic N) is 1. The molecule has 1 saturated heterocycles. The largest absolute Gasteiger partial charge is 0.393 e. The summed E-state index contributed by atoms with van der Waals surface area (Å²) >= 11 is 0. The number of ketones is 1. The lowest BCUT2D eigenvalue weighted by molar-refractivity contribution is -0.135. The van der Waals surface area contributed by atoms with Crippen LogP contribution in [-0.4, -0.2) is 40.4 Å². The summed E-state index contributed by atoms with van der Waals surface area (Å²) in [6.45, 7) is 4.06. The van der Waals surface area contributed by atoms with Crippen LogP contribution in [0.25, 0.3) is 0 Å². The summed E-state index contributed by atoms with van der Waals surface area (Å²) in [7, 11) is 0. The molecule has 0 spiro atoms. The maximum Gasteiger partial charge on any atom is 0.223 e. The second-order valence-corrected chi connectivity index (χ2v) is 5.38. The molecule has 1 fully saturated rings. The van der Waals surface area contributed by atoms with Gasteiger partial charge in [-0.3, -0.25) is 4.79 Å². The number of carbonyl (C=O) groups is 2. The molecule has 1 aliphatic heterocycles. The predicted octanol–water partition coefficient (Wildman–Crippen LogP) is 1.90. The van der Waals surface area contributed by atoms with Crippen molar-refractivity contribution in [3.63, 3.8) is 0 Å². The Kier molecular flexibility index (Phi) is 6.33. The number of Topliss-reactive ketones (excluding diaryl/α,β-unsaturated/α-hetero) is 1. The van der Waals surface area contributed by atoms with E-state index >= 15 is 0 Å². The highest BCUT2D eigenvalue weighted by atomic mass is 16.3. The average Bonchev–Trinajstić information content (AvgIpc) is 2.50. The van der Waals surface area contributed by atoms with E-state index < -0.39 is 0 Å². The number of hydrogen-bond acceptors (Lipinski definition) is 3. The minimum absolute atomic E-state index is 0.0604. The summed E-state index contributed by atoms with van der Waals surface area (Å²) in [5, 5.41) is 9.52. The number of carbonyl (C=O) groups excluding carboxylic acids is 2. The van der Waals surface area contributed by atoms with Crippen molar-refractivity contribution in [2.45, 2.75) is 70.9 Å². The lowest BCUT2D eigenvalue weighted by Crippen LogP contribution is -2.41. The first kappa shape index (κ1) is 15.2. The minimum Gasteiger partial charge on any atom is -0.393 e. The first-order valence-electron chi connectivity index (χ1n) is 6.97. The first-order chi connectivity index (χ1) is 8.50. The van der Waals surface area contributed by atoms with Gasteiger partial charge in [0.1, 0.15) is 5.78 Å². The zero-order chi connectivity index (χ0) is 13.5. The molecular formula is C14H25NO3. The third-order valence-electron chi connectivity index (χ3n) is 3.50. The SMILES string of the molecule is CC(=O)CCC(=O)N1CCCCCC1CC(C)O. The number of likely N-dealkylation sites (tertiary alicyclic amines) is 1. The molecule has 0 radical (unpaired) electrons. The Morgan fingerprint density at radius 2 is 2.00 bits per heavy atom. The van der Waals surface area contributed by atoms with Crippen molar-refractivity contribution in [3.8, 4) is 0 Å². The Labute approximate surface area is 109 Å². The van der Waals surface area contributed by atoms with Gasteiger partial charge in [0.15, 0.2) is 0 Å². The van der Waals surface area contributed by atoms with E-state index in [1.165, 1.54) is 6.92 Å². The van der Waals surface area contributed by atoms with Crippen molar-refractivity contribution in [2.75, 3.05) is 6.54 Å². The number of hydrogen-bond donors (Lipinski definition) is 1. The van der Waals surface area contributed by atoms with Crippen LogP contribution in [-0.2, 0) is 9.59 Å².